The molecule has 2 aromatic carbocycles. The van der Waals surface area contributed by atoms with E-state index in [1.54, 1.807) is 38.1 Å². The molecule has 10 heteroatoms. The number of benzene rings is 2. The molecule has 0 unspecified atom stereocenters. The highest BCUT2D eigenvalue weighted by Crippen LogP contribution is 2.24. The zero-order chi connectivity index (χ0) is 22.6. The summed E-state index contributed by atoms with van der Waals surface area (Å²) in [5.41, 5.74) is 1.29. The van der Waals surface area contributed by atoms with Gasteiger partial charge in [-0.05, 0) is 42.8 Å². The summed E-state index contributed by atoms with van der Waals surface area (Å²) < 4.78 is 58.9. The first kappa shape index (κ1) is 22.2. The molecule has 0 saturated heterocycles. The van der Waals surface area contributed by atoms with Crippen LogP contribution in [0, 0.1) is 18.6 Å². The molecule has 0 saturated carbocycles. The zero-order valence-electron chi connectivity index (χ0n) is 16.6. The third-order valence-electron chi connectivity index (χ3n) is 4.27. The molecule has 162 valence electrons. The predicted molar refractivity (Wildman–Crippen MR) is 113 cm³/mol. The van der Waals surface area contributed by atoms with Gasteiger partial charge in [-0.3, -0.25) is 9.52 Å². The van der Waals surface area contributed by atoms with Crippen LogP contribution < -0.4 is 10.0 Å². The Morgan fingerprint density at radius 1 is 1.13 bits per heavy atom. The number of nitrogens with one attached hydrogen (secondary N) is 2. The van der Waals surface area contributed by atoms with Crippen molar-refractivity contribution in [2.45, 2.75) is 25.2 Å². The van der Waals surface area contributed by atoms with E-state index in [-0.39, 0.29) is 16.5 Å². The van der Waals surface area contributed by atoms with Crippen molar-refractivity contribution in [3.63, 3.8) is 0 Å². The van der Waals surface area contributed by atoms with Gasteiger partial charge in [-0.15, -0.1) is 0 Å². The standard InChI is InChI=1S/C21H19F2N3O4S/c1-3-20(27)24-21-13(2)25-30-19(21)11-6-14-4-8-16(9-5-14)31(28,29)26-18-10-7-15(22)12-17(18)23/h4-12,26H,3H2,1-2H3,(H,24,27). The number of anilines is 2. The predicted octanol–water partition coefficient (Wildman–Crippen LogP) is 4.58. The van der Waals surface area contributed by atoms with Crippen LogP contribution in [0.3, 0.4) is 0 Å². The maximum Gasteiger partial charge on any atom is 0.261 e. The van der Waals surface area contributed by atoms with Crippen molar-refractivity contribution in [2.75, 3.05) is 10.0 Å². The number of hydrogen-bond donors (Lipinski definition) is 2. The summed E-state index contributed by atoms with van der Waals surface area (Å²) in [6, 6.07) is 8.32. The quantitative estimate of drug-likeness (QED) is 0.552. The lowest BCUT2D eigenvalue weighted by Crippen LogP contribution is -2.14. The summed E-state index contributed by atoms with van der Waals surface area (Å²) in [6.45, 7) is 3.42. The van der Waals surface area contributed by atoms with Gasteiger partial charge in [0.1, 0.15) is 23.0 Å². The third-order valence-corrected chi connectivity index (χ3v) is 5.65. The van der Waals surface area contributed by atoms with Crippen LogP contribution in [0.5, 0.6) is 0 Å². The van der Waals surface area contributed by atoms with E-state index in [2.05, 4.69) is 15.2 Å². The van der Waals surface area contributed by atoms with Gasteiger partial charge in [0.2, 0.25) is 5.91 Å². The maximum atomic E-state index is 13.7. The maximum absolute atomic E-state index is 13.7. The van der Waals surface area contributed by atoms with E-state index in [4.69, 9.17) is 4.52 Å². The van der Waals surface area contributed by atoms with E-state index >= 15 is 0 Å². The minimum Gasteiger partial charge on any atom is -0.354 e. The van der Waals surface area contributed by atoms with E-state index in [1.165, 1.54) is 12.1 Å². The number of amides is 1. The normalized spacial score (nSPS) is 11.6. The van der Waals surface area contributed by atoms with Crippen molar-refractivity contribution < 1.29 is 26.5 Å². The first-order valence-electron chi connectivity index (χ1n) is 9.21. The Balaban J connectivity index is 1.77. The number of carbonyl (C=O) groups is 1. The number of halogens is 2. The van der Waals surface area contributed by atoms with E-state index in [0.29, 0.717) is 35.2 Å². The zero-order valence-corrected chi connectivity index (χ0v) is 17.5. The molecule has 3 aromatic rings. The lowest BCUT2D eigenvalue weighted by molar-refractivity contribution is -0.115. The fourth-order valence-electron chi connectivity index (χ4n) is 2.59. The van der Waals surface area contributed by atoms with Crippen LogP contribution in [-0.2, 0) is 14.8 Å². The molecule has 0 atom stereocenters. The molecular formula is C21H19F2N3O4S. The molecule has 0 fully saturated rings. The van der Waals surface area contributed by atoms with Gasteiger partial charge in [-0.2, -0.15) is 0 Å². The Morgan fingerprint density at radius 3 is 2.48 bits per heavy atom. The molecule has 0 bridgehead atoms. The fraction of sp³-hybridized carbons (Fsp3) is 0.143. The van der Waals surface area contributed by atoms with Crippen molar-refractivity contribution in [3.05, 3.63) is 71.1 Å². The van der Waals surface area contributed by atoms with E-state index < -0.39 is 21.7 Å². The molecule has 1 aromatic heterocycles. The largest absolute Gasteiger partial charge is 0.354 e. The summed E-state index contributed by atoms with van der Waals surface area (Å²) in [7, 11) is -4.06. The van der Waals surface area contributed by atoms with Gasteiger partial charge in [0.05, 0.1) is 10.6 Å². The van der Waals surface area contributed by atoms with Crippen LogP contribution in [0.15, 0.2) is 51.9 Å². The van der Waals surface area contributed by atoms with Gasteiger partial charge in [0.15, 0.2) is 5.76 Å². The summed E-state index contributed by atoms with van der Waals surface area (Å²) in [6.07, 6.45) is 3.56. The van der Waals surface area contributed by atoms with Crippen molar-refractivity contribution in [1.29, 1.82) is 0 Å². The summed E-state index contributed by atoms with van der Waals surface area (Å²) in [5, 5.41) is 6.55. The number of rotatable bonds is 7. The van der Waals surface area contributed by atoms with Crippen LogP contribution >= 0.6 is 0 Å². The van der Waals surface area contributed by atoms with Crippen molar-refractivity contribution in [1.82, 2.24) is 5.16 Å². The molecule has 0 spiro atoms. The SMILES string of the molecule is CCC(=O)Nc1c(C)noc1C=Cc1ccc(S(=O)(=O)Nc2ccc(F)cc2F)cc1. The monoisotopic (exact) mass is 447 g/mol. The van der Waals surface area contributed by atoms with Gasteiger partial charge in [0, 0.05) is 12.5 Å². The lowest BCUT2D eigenvalue weighted by atomic mass is 10.2. The van der Waals surface area contributed by atoms with Gasteiger partial charge in [-0.1, -0.05) is 30.3 Å². The Kier molecular flexibility index (Phi) is 6.50. The number of hydrogen-bond acceptors (Lipinski definition) is 5. The number of aryl methyl sites for hydroxylation is 1. The average molecular weight is 447 g/mol. The second kappa shape index (κ2) is 9.09. The van der Waals surface area contributed by atoms with Crippen molar-refractivity contribution in [3.8, 4) is 0 Å². The van der Waals surface area contributed by atoms with E-state index in [0.717, 1.165) is 12.1 Å². The fourth-order valence-corrected chi connectivity index (χ4v) is 3.65. The molecule has 0 aliphatic rings. The van der Waals surface area contributed by atoms with Gasteiger partial charge in [-0.25, -0.2) is 17.2 Å². The molecule has 2 N–H and O–H groups in total. The van der Waals surface area contributed by atoms with Gasteiger partial charge >= 0.3 is 0 Å². The first-order valence-corrected chi connectivity index (χ1v) is 10.7. The van der Waals surface area contributed by atoms with Crippen LogP contribution in [0.1, 0.15) is 30.4 Å². The number of carbonyl (C=O) groups excluding carboxylic acids is 1. The summed E-state index contributed by atoms with van der Waals surface area (Å²) in [5.74, 6) is -1.66. The average Bonchev–Trinajstić information content (AvgIpc) is 3.08. The van der Waals surface area contributed by atoms with Crippen LogP contribution in [0.2, 0.25) is 0 Å². The molecule has 0 radical (unpaired) electrons. The summed E-state index contributed by atoms with van der Waals surface area (Å²) >= 11 is 0. The Bertz CT molecular complexity index is 1240. The van der Waals surface area contributed by atoms with Gasteiger partial charge < -0.3 is 9.84 Å². The van der Waals surface area contributed by atoms with Crippen molar-refractivity contribution in [2.24, 2.45) is 0 Å². The summed E-state index contributed by atoms with van der Waals surface area (Å²) in [4.78, 5) is 11.6. The smallest absolute Gasteiger partial charge is 0.261 e. The highest BCUT2D eigenvalue weighted by atomic mass is 32.2. The first-order chi connectivity index (χ1) is 14.7. The highest BCUT2D eigenvalue weighted by molar-refractivity contribution is 7.92. The molecule has 0 aliphatic carbocycles. The third kappa shape index (κ3) is 5.34. The van der Waals surface area contributed by atoms with Crippen LogP contribution in [-0.4, -0.2) is 19.5 Å². The minimum absolute atomic E-state index is 0.0974. The highest BCUT2D eigenvalue weighted by Gasteiger charge is 2.17. The van der Waals surface area contributed by atoms with Crippen molar-refractivity contribution >= 4 is 39.5 Å². The van der Waals surface area contributed by atoms with E-state index in [9.17, 15) is 22.0 Å². The number of sulfonamides is 1. The Labute approximate surface area is 177 Å². The van der Waals surface area contributed by atoms with E-state index in [1.807, 2.05) is 0 Å². The molecular weight excluding hydrogens is 428 g/mol. The molecule has 7 nitrogen and oxygen atoms in total. The molecule has 1 heterocycles. The Morgan fingerprint density at radius 2 is 1.84 bits per heavy atom. The van der Waals surface area contributed by atoms with Crippen LogP contribution in [0.4, 0.5) is 20.2 Å². The molecule has 1 amide bonds. The number of nitrogens with zero attached hydrogens (tertiary/aromatic N) is 1. The molecule has 0 aliphatic heterocycles. The lowest BCUT2D eigenvalue weighted by Gasteiger charge is -2.09. The second-order valence-electron chi connectivity index (χ2n) is 6.54. The number of aromatic nitrogens is 1. The topological polar surface area (TPSA) is 101 Å². The van der Waals surface area contributed by atoms with Crippen LogP contribution in [0.25, 0.3) is 12.2 Å². The van der Waals surface area contributed by atoms with Gasteiger partial charge in [0.25, 0.3) is 10.0 Å². The second-order valence-corrected chi connectivity index (χ2v) is 8.22. The molecule has 3 rings (SSSR count). The minimum atomic E-state index is -4.06. The Hall–Kier alpha value is -3.53. The molecule has 31 heavy (non-hydrogen) atoms.